The van der Waals surface area contributed by atoms with Gasteiger partial charge in [0, 0.05) is 21.7 Å². The molecule has 0 aliphatic carbocycles. The van der Waals surface area contributed by atoms with E-state index in [1.807, 2.05) is 66.7 Å². The predicted octanol–water partition coefficient (Wildman–Crippen LogP) is 5.96. The lowest BCUT2D eigenvalue weighted by atomic mass is 10.0. The van der Waals surface area contributed by atoms with Crippen LogP contribution < -0.4 is 14.9 Å². The van der Waals surface area contributed by atoms with Gasteiger partial charge >= 0.3 is 0 Å². The molecule has 0 atom stereocenters. The van der Waals surface area contributed by atoms with Crippen molar-refractivity contribution in [3.05, 3.63) is 88.4 Å². The number of hydrazone groups is 1. The zero-order valence-corrected chi connectivity index (χ0v) is 18.3. The van der Waals surface area contributed by atoms with Crippen LogP contribution in [-0.2, 0) is 0 Å². The monoisotopic (exact) mass is 433 g/mol. The molecule has 0 saturated carbocycles. The fraction of sp³-hybridized carbons (Fsp3) is 0.200. The third-order valence-corrected chi connectivity index (χ3v) is 5.21. The number of hydrogen-bond acceptors (Lipinski definition) is 5. The number of aliphatic imine (C=N–C) groups is 1. The molecule has 0 spiro atoms. The van der Waals surface area contributed by atoms with E-state index in [9.17, 15) is 0 Å². The summed E-state index contributed by atoms with van der Waals surface area (Å²) in [6.07, 6.45) is 2.14. The van der Waals surface area contributed by atoms with Crippen LogP contribution in [0.1, 0.15) is 36.5 Å². The summed E-state index contributed by atoms with van der Waals surface area (Å²) in [5, 5.41) is 5.32. The van der Waals surface area contributed by atoms with Gasteiger partial charge in [0.15, 0.2) is 5.84 Å². The molecular weight excluding hydrogens is 410 g/mol. The van der Waals surface area contributed by atoms with Crippen molar-refractivity contribution in [3.63, 3.8) is 0 Å². The first-order chi connectivity index (χ1) is 15.2. The number of nitrogens with one attached hydrogen (secondary N) is 1. The molecule has 0 amide bonds. The molecule has 4 rings (SSSR count). The molecule has 0 saturated heterocycles. The van der Waals surface area contributed by atoms with Crippen molar-refractivity contribution in [3.8, 4) is 11.5 Å². The number of hydrogen-bond donors (Lipinski definition) is 1. The van der Waals surface area contributed by atoms with E-state index in [0.717, 1.165) is 59.0 Å². The highest BCUT2D eigenvalue weighted by Gasteiger charge is 2.18. The molecule has 31 heavy (non-hydrogen) atoms. The van der Waals surface area contributed by atoms with Gasteiger partial charge in [-0.1, -0.05) is 24.9 Å². The molecule has 1 aliphatic heterocycles. The SMILES string of the molecule is CCCCOc1ccc(C2=NNC(c3ccc(OC)cc3)=Nc3ccc(Cl)cc32)cc1. The number of halogens is 1. The molecule has 6 heteroatoms. The smallest absolute Gasteiger partial charge is 0.154 e. The average molecular weight is 434 g/mol. The van der Waals surface area contributed by atoms with Crippen LogP contribution in [0.3, 0.4) is 0 Å². The van der Waals surface area contributed by atoms with E-state index in [1.165, 1.54) is 0 Å². The molecule has 1 aliphatic rings. The highest BCUT2D eigenvalue weighted by molar-refractivity contribution is 6.31. The average Bonchev–Trinajstić information content (AvgIpc) is 2.99. The maximum Gasteiger partial charge on any atom is 0.154 e. The van der Waals surface area contributed by atoms with Gasteiger partial charge in [0.05, 0.1) is 19.4 Å². The lowest BCUT2D eigenvalue weighted by Gasteiger charge is -2.10. The van der Waals surface area contributed by atoms with E-state index < -0.39 is 0 Å². The second-order valence-corrected chi connectivity index (χ2v) is 7.59. The summed E-state index contributed by atoms with van der Waals surface area (Å²) in [5.41, 5.74) is 7.41. The molecule has 3 aromatic rings. The Hall–Kier alpha value is -3.31. The number of amidine groups is 1. The van der Waals surface area contributed by atoms with Crippen molar-refractivity contribution < 1.29 is 9.47 Å². The van der Waals surface area contributed by atoms with Crippen LogP contribution >= 0.6 is 11.6 Å². The van der Waals surface area contributed by atoms with E-state index in [4.69, 9.17) is 26.1 Å². The van der Waals surface area contributed by atoms with Gasteiger partial charge in [0.25, 0.3) is 0 Å². The number of methoxy groups -OCH3 is 1. The van der Waals surface area contributed by atoms with Gasteiger partial charge in [-0.15, -0.1) is 0 Å². The van der Waals surface area contributed by atoms with Gasteiger partial charge in [0.1, 0.15) is 17.2 Å². The number of unbranched alkanes of at least 4 members (excludes halogenated alkanes) is 1. The molecule has 158 valence electrons. The first-order valence-corrected chi connectivity index (χ1v) is 10.7. The number of fused-ring (bicyclic) bond motifs is 1. The Morgan fingerprint density at radius 3 is 2.32 bits per heavy atom. The van der Waals surface area contributed by atoms with E-state index in [2.05, 4.69) is 17.5 Å². The fourth-order valence-electron chi connectivity index (χ4n) is 3.25. The minimum absolute atomic E-state index is 0.633. The van der Waals surface area contributed by atoms with Gasteiger partial charge < -0.3 is 9.47 Å². The molecule has 5 nitrogen and oxygen atoms in total. The van der Waals surface area contributed by atoms with E-state index in [0.29, 0.717) is 10.9 Å². The first kappa shape index (κ1) is 20.9. The van der Waals surface area contributed by atoms with Crippen molar-refractivity contribution in [2.45, 2.75) is 19.8 Å². The fourth-order valence-corrected chi connectivity index (χ4v) is 3.42. The van der Waals surface area contributed by atoms with Gasteiger partial charge in [-0.2, -0.15) is 5.10 Å². The summed E-state index contributed by atoms with van der Waals surface area (Å²) in [6, 6.07) is 21.3. The quantitative estimate of drug-likeness (QED) is 0.467. The Morgan fingerprint density at radius 2 is 1.61 bits per heavy atom. The molecule has 0 fully saturated rings. The summed E-state index contributed by atoms with van der Waals surface area (Å²) in [5.74, 6) is 2.29. The normalized spacial score (nSPS) is 12.7. The van der Waals surface area contributed by atoms with Crippen LogP contribution in [0.4, 0.5) is 5.69 Å². The number of benzene rings is 3. The Morgan fingerprint density at radius 1 is 0.903 bits per heavy atom. The summed E-state index contributed by atoms with van der Waals surface area (Å²) in [6.45, 7) is 2.87. The minimum atomic E-state index is 0.633. The zero-order valence-electron chi connectivity index (χ0n) is 17.6. The zero-order chi connectivity index (χ0) is 21.6. The second-order valence-electron chi connectivity index (χ2n) is 7.15. The van der Waals surface area contributed by atoms with Gasteiger partial charge in [-0.3, -0.25) is 5.43 Å². The van der Waals surface area contributed by atoms with E-state index >= 15 is 0 Å². The molecule has 0 radical (unpaired) electrons. The minimum Gasteiger partial charge on any atom is -0.497 e. The number of nitrogens with zero attached hydrogens (tertiary/aromatic N) is 2. The van der Waals surface area contributed by atoms with Crippen molar-refractivity contribution in [1.82, 2.24) is 5.43 Å². The molecule has 1 N–H and O–H groups in total. The Kier molecular flexibility index (Phi) is 6.53. The summed E-state index contributed by atoms with van der Waals surface area (Å²) < 4.78 is 11.0. The number of ether oxygens (including phenoxy) is 2. The molecule has 3 aromatic carbocycles. The van der Waals surface area contributed by atoms with Crippen LogP contribution in [0.5, 0.6) is 11.5 Å². The molecule has 0 bridgehead atoms. The third kappa shape index (κ3) is 4.89. The number of rotatable bonds is 7. The van der Waals surface area contributed by atoms with E-state index in [1.54, 1.807) is 7.11 Å². The summed E-state index contributed by atoms with van der Waals surface area (Å²) >= 11 is 6.31. The maximum absolute atomic E-state index is 6.31. The van der Waals surface area contributed by atoms with Crippen LogP contribution in [-0.4, -0.2) is 25.3 Å². The standard InChI is InChI=1S/C25H24ClN3O2/c1-3-4-15-31-21-12-5-17(6-13-21)24-22-16-19(26)9-14-23(22)27-25(29-28-24)18-7-10-20(30-2)11-8-18/h5-14,16H,3-4,15H2,1-2H3,(H,27,29). The molecule has 0 aromatic heterocycles. The maximum atomic E-state index is 6.31. The van der Waals surface area contributed by atoms with Gasteiger partial charge in [-0.05, 0) is 73.2 Å². The molecule has 0 unspecified atom stereocenters. The van der Waals surface area contributed by atoms with Crippen molar-refractivity contribution >= 4 is 28.8 Å². The second kappa shape index (κ2) is 9.67. The molecular formula is C25H24ClN3O2. The van der Waals surface area contributed by atoms with Gasteiger partial charge in [0.2, 0.25) is 0 Å². The van der Waals surface area contributed by atoms with Crippen molar-refractivity contribution in [1.29, 1.82) is 0 Å². The van der Waals surface area contributed by atoms with Crippen molar-refractivity contribution in [2.24, 2.45) is 10.1 Å². The largest absolute Gasteiger partial charge is 0.497 e. The van der Waals surface area contributed by atoms with Crippen LogP contribution in [0.2, 0.25) is 5.02 Å². The lowest BCUT2D eigenvalue weighted by Crippen LogP contribution is -2.19. The van der Waals surface area contributed by atoms with Crippen molar-refractivity contribution in [2.75, 3.05) is 13.7 Å². The highest BCUT2D eigenvalue weighted by Crippen LogP contribution is 2.29. The molecule has 1 heterocycles. The predicted molar refractivity (Wildman–Crippen MR) is 126 cm³/mol. The Labute approximate surface area is 187 Å². The van der Waals surface area contributed by atoms with Crippen LogP contribution in [0.25, 0.3) is 0 Å². The van der Waals surface area contributed by atoms with Gasteiger partial charge in [-0.25, -0.2) is 4.99 Å². The van der Waals surface area contributed by atoms with Crippen LogP contribution in [0.15, 0.2) is 76.8 Å². The third-order valence-electron chi connectivity index (χ3n) is 4.98. The van der Waals surface area contributed by atoms with Crippen LogP contribution in [0, 0.1) is 0 Å². The Balaban J connectivity index is 1.68. The topological polar surface area (TPSA) is 55.2 Å². The Bertz CT molecular complexity index is 1110. The highest BCUT2D eigenvalue weighted by atomic mass is 35.5. The summed E-state index contributed by atoms with van der Waals surface area (Å²) in [4.78, 5) is 4.82. The lowest BCUT2D eigenvalue weighted by molar-refractivity contribution is 0.309. The van der Waals surface area contributed by atoms with E-state index in [-0.39, 0.29) is 0 Å². The first-order valence-electron chi connectivity index (χ1n) is 10.3. The summed E-state index contributed by atoms with van der Waals surface area (Å²) in [7, 11) is 1.65.